The maximum absolute atomic E-state index is 5.31. The van der Waals surface area contributed by atoms with Gasteiger partial charge in [-0.25, -0.2) is 0 Å². The van der Waals surface area contributed by atoms with Crippen LogP contribution in [0.2, 0.25) is 0 Å². The molecule has 0 heterocycles. The molecule has 0 aliphatic rings. The van der Waals surface area contributed by atoms with Crippen molar-refractivity contribution in [3.8, 4) is 0 Å². The van der Waals surface area contributed by atoms with Gasteiger partial charge in [-0.05, 0) is 23.8 Å². The minimum Gasteiger partial charge on any atom is -0.330 e. The van der Waals surface area contributed by atoms with Crippen LogP contribution in [0.25, 0.3) is 0 Å². The third-order valence-electron chi connectivity index (χ3n) is 1.09. The summed E-state index contributed by atoms with van der Waals surface area (Å²) >= 11 is 2.41. The largest absolute Gasteiger partial charge is 0.330 e. The molecule has 9 heavy (non-hydrogen) atoms. The van der Waals surface area contributed by atoms with Crippen molar-refractivity contribution in [2.24, 2.45) is 5.73 Å². The van der Waals surface area contributed by atoms with Gasteiger partial charge in [0.1, 0.15) is 0 Å². The molecule has 0 fully saturated rings. The standard InChI is InChI=1S/C6H14IN.ClH/c7-5-3-1-2-4-6-8;/h1-6,8H2;1H. The first kappa shape index (κ1) is 12.6. The first-order chi connectivity index (χ1) is 3.91. The topological polar surface area (TPSA) is 26.0 Å². The van der Waals surface area contributed by atoms with Crippen molar-refractivity contribution in [1.29, 1.82) is 0 Å². The minimum atomic E-state index is 0. The lowest BCUT2D eigenvalue weighted by molar-refractivity contribution is 0.681. The average Bonchev–Trinajstić information content (AvgIpc) is 1.81. The Morgan fingerprint density at radius 3 is 2.00 bits per heavy atom. The smallest absolute Gasteiger partial charge is 0.000473 e. The van der Waals surface area contributed by atoms with Gasteiger partial charge in [0.25, 0.3) is 0 Å². The van der Waals surface area contributed by atoms with E-state index < -0.39 is 0 Å². The zero-order valence-electron chi connectivity index (χ0n) is 5.61. The van der Waals surface area contributed by atoms with Gasteiger partial charge in [0.15, 0.2) is 0 Å². The summed E-state index contributed by atoms with van der Waals surface area (Å²) in [4.78, 5) is 0. The molecule has 0 bridgehead atoms. The van der Waals surface area contributed by atoms with E-state index in [1.807, 2.05) is 0 Å². The molecule has 0 aromatic heterocycles. The summed E-state index contributed by atoms with van der Waals surface area (Å²) in [6.07, 6.45) is 5.25. The summed E-state index contributed by atoms with van der Waals surface area (Å²) in [5.74, 6) is 0. The van der Waals surface area contributed by atoms with Crippen LogP contribution >= 0.6 is 35.0 Å². The second kappa shape index (κ2) is 11.7. The third-order valence-corrected chi connectivity index (χ3v) is 1.85. The van der Waals surface area contributed by atoms with Crippen LogP contribution < -0.4 is 5.73 Å². The molecule has 2 N–H and O–H groups in total. The van der Waals surface area contributed by atoms with Crippen LogP contribution in [0.3, 0.4) is 0 Å². The van der Waals surface area contributed by atoms with Gasteiger partial charge in [-0.2, -0.15) is 0 Å². The lowest BCUT2D eigenvalue weighted by atomic mass is 10.2. The summed E-state index contributed by atoms with van der Waals surface area (Å²) < 4.78 is 1.29. The highest BCUT2D eigenvalue weighted by atomic mass is 127. The summed E-state index contributed by atoms with van der Waals surface area (Å²) in [6.45, 7) is 0.862. The lowest BCUT2D eigenvalue weighted by Gasteiger charge is -1.93. The molecule has 0 spiro atoms. The fourth-order valence-electron chi connectivity index (χ4n) is 0.592. The molecule has 0 aromatic carbocycles. The van der Waals surface area contributed by atoms with Crippen molar-refractivity contribution >= 4 is 35.0 Å². The maximum Gasteiger partial charge on any atom is -0.000473 e. The molecular formula is C6H15ClIN. The summed E-state index contributed by atoms with van der Waals surface area (Å²) in [6, 6.07) is 0. The monoisotopic (exact) mass is 263 g/mol. The Morgan fingerprint density at radius 1 is 1.00 bits per heavy atom. The van der Waals surface area contributed by atoms with E-state index in [0.717, 1.165) is 6.54 Å². The highest BCUT2D eigenvalue weighted by molar-refractivity contribution is 14.1. The number of alkyl halides is 1. The van der Waals surface area contributed by atoms with Crippen LogP contribution in [0, 0.1) is 0 Å². The predicted octanol–water partition coefficient (Wildman–Crippen LogP) is 2.36. The van der Waals surface area contributed by atoms with E-state index in [1.54, 1.807) is 0 Å². The molecule has 58 valence electrons. The SMILES string of the molecule is Cl.NCCCCCCI. The van der Waals surface area contributed by atoms with Gasteiger partial charge >= 0.3 is 0 Å². The van der Waals surface area contributed by atoms with Crippen molar-refractivity contribution in [3.05, 3.63) is 0 Å². The Balaban J connectivity index is 0. The van der Waals surface area contributed by atoms with Crippen LogP contribution in [-0.2, 0) is 0 Å². The molecule has 0 aliphatic carbocycles. The molecule has 0 atom stereocenters. The third kappa shape index (κ3) is 12.2. The number of rotatable bonds is 5. The second-order valence-electron chi connectivity index (χ2n) is 1.89. The van der Waals surface area contributed by atoms with E-state index in [4.69, 9.17) is 5.73 Å². The van der Waals surface area contributed by atoms with E-state index >= 15 is 0 Å². The van der Waals surface area contributed by atoms with E-state index in [0.29, 0.717) is 0 Å². The molecule has 0 rings (SSSR count). The predicted molar refractivity (Wildman–Crippen MR) is 53.7 cm³/mol. The highest BCUT2D eigenvalue weighted by Crippen LogP contribution is 2.00. The first-order valence-corrected chi connectivity index (χ1v) is 4.70. The van der Waals surface area contributed by atoms with Gasteiger partial charge in [0.2, 0.25) is 0 Å². The van der Waals surface area contributed by atoms with Crippen molar-refractivity contribution in [3.63, 3.8) is 0 Å². The molecule has 0 amide bonds. The Labute approximate surface area is 77.3 Å². The number of unbranched alkanes of at least 4 members (excludes halogenated alkanes) is 3. The van der Waals surface area contributed by atoms with E-state index in [9.17, 15) is 0 Å². The normalized spacial score (nSPS) is 8.67. The van der Waals surface area contributed by atoms with Gasteiger partial charge in [0, 0.05) is 0 Å². The maximum atomic E-state index is 5.31. The van der Waals surface area contributed by atoms with E-state index in [1.165, 1.54) is 30.1 Å². The van der Waals surface area contributed by atoms with Crippen molar-refractivity contribution in [1.82, 2.24) is 0 Å². The lowest BCUT2D eigenvalue weighted by Crippen LogP contribution is -1.97. The van der Waals surface area contributed by atoms with Crippen LogP contribution in [0.15, 0.2) is 0 Å². The highest BCUT2D eigenvalue weighted by Gasteiger charge is 1.84. The molecule has 0 aromatic rings. The molecule has 0 unspecified atom stereocenters. The fraction of sp³-hybridized carbons (Fsp3) is 1.00. The molecule has 1 nitrogen and oxygen atoms in total. The number of hydrogen-bond acceptors (Lipinski definition) is 1. The first-order valence-electron chi connectivity index (χ1n) is 3.18. The fourth-order valence-corrected chi connectivity index (χ4v) is 1.13. The van der Waals surface area contributed by atoms with Gasteiger partial charge < -0.3 is 5.73 Å². The number of nitrogens with two attached hydrogens (primary N) is 1. The summed E-state index contributed by atoms with van der Waals surface area (Å²) in [5, 5.41) is 0. The molecule has 0 saturated heterocycles. The molecule has 3 heteroatoms. The second-order valence-corrected chi connectivity index (χ2v) is 2.97. The van der Waals surface area contributed by atoms with Gasteiger partial charge in [0.05, 0.1) is 0 Å². The Hall–Kier alpha value is 0.980. The minimum absolute atomic E-state index is 0. The van der Waals surface area contributed by atoms with Crippen molar-refractivity contribution in [2.45, 2.75) is 25.7 Å². The zero-order valence-corrected chi connectivity index (χ0v) is 8.58. The Kier molecular flexibility index (Phi) is 16.5. The molecule has 0 saturated carbocycles. The van der Waals surface area contributed by atoms with Gasteiger partial charge in [-0.1, -0.05) is 35.4 Å². The van der Waals surface area contributed by atoms with E-state index in [2.05, 4.69) is 22.6 Å². The zero-order chi connectivity index (χ0) is 6.24. The number of halogens is 2. The molecular weight excluding hydrogens is 248 g/mol. The van der Waals surface area contributed by atoms with Crippen LogP contribution in [-0.4, -0.2) is 11.0 Å². The average molecular weight is 264 g/mol. The summed E-state index contributed by atoms with van der Waals surface area (Å²) in [5.41, 5.74) is 5.31. The summed E-state index contributed by atoms with van der Waals surface area (Å²) in [7, 11) is 0. The van der Waals surface area contributed by atoms with Crippen molar-refractivity contribution in [2.75, 3.05) is 11.0 Å². The Morgan fingerprint density at radius 2 is 1.56 bits per heavy atom. The van der Waals surface area contributed by atoms with Gasteiger partial charge in [-0.15, -0.1) is 12.4 Å². The Bertz CT molecular complexity index is 38.0. The number of hydrogen-bond donors (Lipinski definition) is 1. The van der Waals surface area contributed by atoms with Crippen LogP contribution in [0.5, 0.6) is 0 Å². The quantitative estimate of drug-likeness (QED) is 0.460. The molecule has 0 radical (unpaired) electrons. The van der Waals surface area contributed by atoms with Crippen LogP contribution in [0.4, 0.5) is 0 Å². The van der Waals surface area contributed by atoms with Crippen molar-refractivity contribution < 1.29 is 0 Å². The molecule has 0 aliphatic heterocycles. The van der Waals surface area contributed by atoms with Crippen LogP contribution in [0.1, 0.15) is 25.7 Å². The van der Waals surface area contributed by atoms with Gasteiger partial charge in [-0.3, -0.25) is 0 Å². The van der Waals surface area contributed by atoms with E-state index in [-0.39, 0.29) is 12.4 Å².